The highest BCUT2D eigenvalue weighted by atomic mass is 16.2. The smallest absolute Gasteiger partial charge is 0.239 e. The summed E-state index contributed by atoms with van der Waals surface area (Å²) >= 11 is 0. The monoisotopic (exact) mass is 229 g/mol. The van der Waals surface area contributed by atoms with Crippen LogP contribution in [-0.2, 0) is 4.79 Å². The van der Waals surface area contributed by atoms with Gasteiger partial charge >= 0.3 is 0 Å². The molecule has 2 nitrogen and oxygen atoms in total. The van der Waals surface area contributed by atoms with E-state index < -0.39 is 5.41 Å². The Balaban J connectivity index is 3.48. The molecule has 1 fully saturated rings. The first-order valence-electron chi connectivity index (χ1n) is 5.66. The number of hydrogen-bond donors (Lipinski definition) is 1. The molecule has 90 valence electrons. The Labute approximate surface area is 103 Å². The van der Waals surface area contributed by atoms with E-state index in [4.69, 9.17) is 0 Å². The number of rotatable bonds is 3. The predicted molar refractivity (Wildman–Crippen MR) is 72.2 cm³/mol. The molecule has 1 rings (SSSR count). The molecule has 1 N–H and O–H groups in total. The van der Waals surface area contributed by atoms with Crippen LogP contribution in [0.5, 0.6) is 0 Å². The van der Waals surface area contributed by atoms with Crippen molar-refractivity contribution in [1.82, 2.24) is 5.32 Å². The summed E-state index contributed by atoms with van der Waals surface area (Å²) < 4.78 is 0. The van der Waals surface area contributed by atoms with Gasteiger partial charge in [0.1, 0.15) is 0 Å². The number of carbonyl (C=O) groups excluding carboxylic acids is 1. The van der Waals surface area contributed by atoms with Gasteiger partial charge in [-0.3, -0.25) is 4.79 Å². The fraction of sp³-hybridized carbons (Fsp3) is 0.267. The van der Waals surface area contributed by atoms with Crippen LogP contribution in [-0.4, -0.2) is 5.91 Å². The molecule has 0 aromatic rings. The summed E-state index contributed by atoms with van der Waals surface area (Å²) in [6.07, 6.45) is 9.13. The van der Waals surface area contributed by atoms with E-state index in [1.54, 1.807) is 12.2 Å². The quantitative estimate of drug-likeness (QED) is 0.739. The van der Waals surface area contributed by atoms with Crippen LogP contribution in [0, 0.1) is 5.41 Å². The summed E-state index contributed by atoms with van der Waals surface area (Å²) in [6.45, 7) is 13.2. The second-order valence-corrected chi connectivity index (χ2v) is 4.05. The van der Waals surface area contributed by atoms with Crippen LogP contribution in [0.25, 0.3) is 0 Å². The standard InChI is InChI=1S/C15H19NO/c1-6-10-12-13(9-4)16-14(17)15(12,5)11(7-2)8-3/h6-10H,1-2H2,3-5H3,(H,16,17)/b11-8+,12-10+,13-9+. The first-order chi connectivity index (χ1) is 8.05. The highest BCUT2D eigenvalue weighted by molar-refractivity contribution is 5.97. The number of hydrogen-bond acceptors (Lipinski definition) is 1. The van der Waals surface area contributed by atoms with E-state index in [2.05, 4.69) is 18.5 Å². The van der Waals surface area contributed by atoms with E-state index in [9.17, 15) is 4.79 Å². The second kappa shape index (κ2) is 5.00. The molecule has 0 bridgehead atoms. The zero-order chi connectivity index (χ0) is 13.1. The molecule has 1 amide bonds. The van der Waals surface area contributed by atoms with Crippen LogP contribution in [0.3, 0.4) is 0 Å². The molecule has 1 aliphatic rings. The van der Waals surface area contributed by atoms with Crippen molar-refractivity contribution < 1.29 is 4.79 Å². The number of allylic oxidation sites excluding steroid dienone is 6. The summed E-state index contributed by atoms with van der Waals surface area (Å²) in [7, 11) is 0. The zero-order valence-corrected chi connectivity index (χ0v) is 10.7. The average molecular weight is 229 g/mol. The summed E-state index contributed by atoms with van der Waals surface area (Å²) in [5.41, 5.74) is 2.01. The molecule has 1 atom stereocenters. The van der Waals surface area contributed by atoms with E-state index >= 15 is 0 Å². The SMILES string of the molecule is C=C/C=C1\C(=C/C)NC(=O)C1(C)/C(C=C)=C/C. The van der Waals surface area contributed by atoms with Crippen molar-refractivity contribution in [1.29, 1.82) is 0 Å². The Morgan fingerprint density at radius 1 is 1.35 bits per heavy atom. The number of nitrogens with one attached hydrogen (secondary N) is 1. The van der Waals surface area contributed by atoms with Gasteiger partial charge in [-0.25, -0.2) is 0 Å². The Bertz CT molecular complexity index is 452. The van der Waals surface area contributed by atoms with Gasteiger partial charge < -0.3 is 5.32 Å². The maximum absolute atomic E-state index is 12.2. The van der Waals surface area contributed by atoms with Crippen LogP contribution in [0.4, 0.5) is 0 Å². The fourth-order valence-corrected chi connectivity index (χ4v) is 2.21. The van der Waals surface area contributed by atoms with Gasteiger partial charge in [0.25, 0.3) is 0 Å². The minimum Gasteiger partial charge on any atom is -0.325 e. The normalized spacial score (nSPS) is 29.6. The summed E-state index contributed by atoms with van der Waals surface area (Å²) in [4.78, 5) is 12.2. The zero-order valence-electron chi connectivity index (χ0n) is 10.7. The summed E-state index contributed by atoms with van der Waals surface area (Å²) in [5, 5.41) is 2.90. The van der Waals surface area contributed by atoms with Crippen molar-refractivity contribution in [3.05, 3.63) is 60.4 Å². The molecule has 1 saturated heterocycles. The van der Waals surface area contributed by atoms with Gasteiger partial charge in [0.15, 0.2) is 0 Å². The van der Waals surface area contributed by atoms with Gasteiger partial charge in [0.05, 0.1) is 5.41 Å². The second-order valence-electron chi connectivity index (χ2n) is 4.05. The van der Waals surface area contributed by atoms with E-state index in [0.717, 1.165) is 16.8 Å². The van der Waals surface area contributed by atoms with Crippen molar-refractivity contribution in [2.75, 3.05) is 0 Å². The van der Waals surface area contributed by atoms with Crippen molar-refractivity contribution >= 4 is 5.91 Å². The third-order valence-corrected chi connectivity index (χ3v) is 3.21. The Morgan fingerprint density at radius 3 is 2.41 bits per heavy atom. The fourth-order valence-electron chi connectivity index (χ4n) is 2.21. The molecular weight excluding hydrogens is 210 g/mol. The Kier molecular flexibility index (Phi) is 3.89. The minimum atomic E-state index is -0.674. The predicted octanol–water partition coefficient (Wildman–Crippen LogP) is 3.27. The summed E-state index contributed by atoms with van der Waals surface area (Å²) in [6, 6.07) is 0. The maximum Gasteiger partial charge on any atom is 0.239 e. The number of carbonyl (C=O) groups is 1. The van der Waals surface area contributed by atoms with Crippen molar-refractivity contribution in [3.63, 3.8) is 0 Å². The molecular formula is C15H19NO. The van der Waals surface area contributed by atoms with Crippen molar-refractivity contribution in [2.45, 2.75) is 20.8 Å². The lowest BCUT2D eigenvalue weighted by Crippen LogP contribution is -2.30. The molecule has 0 radical (unpaired) electrons. The van der Waals surface area contributed by atoms with E-state index in [0.29, 0.717) is 0 Å². The molecule has 2 heteroatoms. The van der Waals surface area contributed by atoms with Crippen molar-refractivity contribution in [2.24, 2.45) is 5.41 Å². The maximum atomic E-state index is 12.2. The van der Waals surface area contributed by atoms with Gasteiger partial charge in [0, 0.05) is 5.70 Å². The van der Waals surface area contributed by atoms with Crippen LogP contribution in [0.2, 0.25) is 0 Å². The summed E-state index contributed by atoms with van der Waals surface area (Å²) in [5.74, 6) is -0.0216. The first-order valence-corrected chi connectivity index (χ1v) is 5.66. The van der Waals surface area contributed by atoms with E-state index in [-0.39, 0.29) is 5.91 Å². The van der Waals surface area contributed by atoms with Crippen LogP contribution < -0.4 is 5.32 Å². The molecule has 0 saturated carbocycles. The van der Waals surface area contributed by atoms with Crippen LogP contribution in [0.1, 0.15) is 20.8 Å². The van der Waals surface area contributed by atoms with Gasteiger partial charge in [-0.15, -0.1) is 0 Å². The molecule has 0 aromatic heterocycles. The number of amides is 1. The highest BCUT2D eigenvalue weighted by Crippen LogP contribution is 2.43. The Morgan fingerprint density at radius 2 is 2.00 bits per heavy atom. The van der Waals surface area contributed by atoms with Crippen molar-refractivity contribution in [3.8, 4) is 0 Å². The topological polar surface area (TPSA) is 29.1 Å². The van der Waals surface area contributed by atoms with Crippen LogP contribution >= 0.6 is 0 Å². The van der Waals surface area contributed by atoms with E-state index in [1.807, 2.05) is 39.0 Å². The first kappa shape index (κ1) is 13.2. The molecule has 17 heavy (non-hydrogen) atoms. The van der Waals surface area contributed by atoms with Gasteiger partial charge in [-0.1, -0.05) is 43.5 Å². The highest BCUT2D eigenvalue weighted by Gasteiger charge is 2.46. The third kappa shape index (κ3) is 1.91. The lowest BCUT2D eigenvalue weighted by molar-refractivity contribution is -0.124. The minimum absolute atomic E-state index is 0.0216. The largest absolute Gasteiger partial charge is 0.325 e. The molecule has 1 heterocycles. The lowest BCUT2D eigenvalue weighted by atomic mass is 9.75. The third-order valence-electron chi connectivity index (χ3n) is 3.21. The van der Waals surface area contributed by atoms with Gasteiger partial charge in [-0.05, 0) is 31.9 Å². The Hall–Kier alpha value is -1.83. The van der Waals surface area contributed by atoms with E-state index in [1.165, 1.54) is 0 Å². The molecule has 0 spiro atoms. The molecule has 0 aliphatic carbocycles. The molecule has 1 aliphatic heterocycles. The average Bonchev–Trinajstić information content (AvgIpc) is 2.56. The lowest BCUT2D eigenvalue weighted by Gasteiger charge is -2.24. The van der Waals surface area contributed by atoms with Gasteiger partial charge in [-0.2, -0.15) is 0 Å². The van der Waals surface area contributed by atoms with Crippen LogP contribution in [0.15, 0.2) is 60.4 Å². The molecule has 0 aromatic carbocycles. The molecule has 1 unspecified atom stereocenters. The van der Waals surface area contributed by atoms with Gasteiger partial charge in [0.2, 0.25) is 5.91 Å².